The van der Waals surface area contributed by atoms with Crippen LogP contribution in [0.25, 0.3) is 0 Å². The van der Waals surface area contributed by atoms with Gasteiger partial charge >= 0.3 is 0 Å². The van der Waals surface area contributed by atoms with E-state index in [2.05, 4.69) is 28.9 Å². The molecule has 1 N–H and O–H groups in total. The summed E-state index contributed by atoms with van der Waals surface area (Å²) in [5.41, 5.74) is 0.994. The quantitative estimate of drug-likeness (QED) is 0.719. The summed E-state index contributed by atoms with van der Waals surface area (Å²) in [6.07, 6.45) is 3.57. The summed E-state index contributed by atoms with van der Waals surface area (Å²) >= 11 is 5.26. The molecule has 1 heterocycles. The molecule has 0 aliphatic rings. The molecule has 0 aromatic carbocycles. The fourth-order valence-corrected chi connectivity index (χ4v) is 1.43. The van der Waals surface area contributed by atoms with E-state index < -0.39 is 0 Å². The monoisotopic (exact) mass is 183 g/mol. The predicted molar refractivity (Wildman–Crippen MR) is 53.2 cm³/mol. The number of aromatic amines is 1. The number of aromatic nitrogens is 2. The van der Waals surface area contributed by atoms with Crippen molar-refractivity contribution in [1.29, 1.82) is 0 Å². The fourth-order valence-electron chi connectivity index (χ4n) is 1.06. The minimum absolute atomic E-state index is 0.869. The lowest BCUT2D eigenvalue weighted by Crippen LogP contribution is -2.29. The minimum Gasteiger partial charge on any atom is -0.363 e. The standard InChI is InChI=1S/C8H13N3S/c1-3-11(4-2)8(12)7-5-9-10-6-7/h5-6H,3-4H2,1-2H3,(H,9,10). The highest BCUT2D eigenvalue weighted by molar-refractivity contribution is 7.80. The highest BCUT2D eigenvalue weighted by Crippen LogP contribution is 2.02. The highest BCUT2D eigenvalue weighted by atomic mass is 32.1. The van der Waals surface area contributed by atoms with Gasteiger partial charge in [0.1, 0.15) is 4.99 Å². The van der Waals surface area contributed by atoms with E-state index in [1.807, 2.05) is 6.20 Å². The number of rotatable bonds is 3. The van der Waals surface area contributed by atoms with E-state index in [1.165, 1.54) is 0 Å². The van der Waals surface area contributed by atoms with Crippen LogP contribution in [0.4, 0.5) is 0 Å². The Bertz CT molecular complexity index is 239. The first-order valence-corrected chi connectivity index (χ1v) is 4.48. The van der Waals surface area contributed by atoms with E-state index in [-0.39, 0.29) is 0 Å². The van der Waals surface area contributed by atoms with Gasteiger partial charge in [0, 0.05) is 24.8 Å². The fraction of sp³-hybridized carbons (Fsp3) is 0.500. The molecule has 0 unspecified atom stereocenters. The summed E-state index contributed by atoms with van der Waals surface area (Å²) in [4.78, 5) is 2.99. The molecule has 66 valence electrons. The number of thiocarbonyl (C=S) groups is 1. The molecule has 0 aliphatic heterocycles. The van der Waals surface area contributed by atoms with Crippen LogP contribution in [-0.4, -0.2) is 33.2 Å². The molecule has 0 spiro atoms. The summed E-state index contributed by atoms with van der Waals surface area (Å²) in [6, 6.07) is 0. The van der Waals surface area contributed by atoms with Crippen LogP contribution in [0.2, 0.25) is 0 Å². The van der Waals surface area contributed by atoms with Crippen LogP contribution in [0.5, 0.6) is 0 Å². The molecule has 0 radical (unpaired) electrons. The third kappa shape index (κ3) is 1.82. The van der Waals surface area contributed by atoms with Crippen molar-refractivity contribution in [1.82, 2.24) is 15.1 Å². The van der Waals surface area contributed by atoms with Crippen LogP contribution in [0.1, 0.15) is 19.4 Å². The molecular formula is C8H13N3S. The number of nitrogens with one attached hydrogen (secondary N) is 1. The molecule has 0 bridgehead atoms. The number of hydrogen-bond donors (Lipinski definition) is 1. The van der Waals surface area contributed by atoms with Gasteiger partial charge in [0.25, 0.3) is 0 Å². The Kier molecular flexibility index (Phi) is 3.22. The lowest BCUT2D eigenvalue weighted by Gasteiger charge is -2.20. The van der Waals surface area contributed by atoms with Crippen molar-refractivity contribution >= 4 is 17.2 Å². The summed E-state index contributed by atoms with van der Waals surface area (Å²) in [7, 11) is 0. The molecule has 0 aliphatic carbocycles. The summed E-state index contributed by atoms with van der Waals surface area (Å²) in [6.45, 7) is 6.08. The van der Waals surface area contributed by atoms with E-state index in [0.717, 1.165) is 23.6 Å². The van der Waals surface area contributed by atoms with Gasteiger partial charge in [-0.15, -0.1) is 0 Å². The van der Waals surface area contributed by atoms with Crippen LogP contribution >= 0.6 is 12.2 Å². The Morgan fingerprint density at radius 2 is 2.25 bits per heavy atom. The first-order chi connectivity index (χ1) is 5.79. The first kappa shape index (κ1) is 9.19. The Balaban J connectivity index is 2.70. The predicted octanol–water partition coefficient (Wildman–Crippen LogP) is 1.43. The van der Waals surface area contributed by atoms with Gasteiger partial charge in [-0.05, 0) is 13.8 Å². The van der Waals surface area contributed by atoms with Crippen LogP contribution in [0.15, 0.2) is 12.4 Å². The van der Waals surface area contributed by atoms with Gasteiger partial charge in [-0.3, -0.25) is 5.10 Å². The lowest BCUT2D eigenvalue weighted by atomic mass is 10.3. The molecule has 12 heavy (non-hydrogen) atoms. The molecule has 0 amide bonds. The molecule has 0 atom stereocenters. The summed E-state index contributed by atoms with van der Waals surface area (Å²) in [5.74, 6) is 0. The second kappa shape index (κ2) is 4.21. The molecule has 0 fully saturated rings. The maximum absolute atomic E-state index is 5.26. The van der Waals surface area contributed by atoms with Crippen molar-refractivity contribution in [2.24, 2.45) is 0 Å². The van der Waals surface area contributed by atoms with Crippen molar-refractivity contribution < 1.29 is 0 Å². The topological polar surface area (TPSA) is 31.9 Å². The van der Waals surface area contributed by atoms with Crippen molar-refractivity contribution in [3.63, 3.8) is 0 Å². The molecule has 4 heteroatoms. The third-order valence-electron chi connectivity index (χ3n) is 1.80. The van der Waals surface area contributed by atoms with Crippen molar-refractivity contribution in [3.8, 4) is 0 Å². The highest BCUT2D eigenvalue weighted by Gasteiger charge is 2.07. The largest absolute Gasteiger partial charge is 0.363 e. The average molecular weight is 183 g/mol. The van der Waals surface area contributed by atoms with Gasteiger partial charge < -0.3 is 4.90 Å². The SMILES string of the molecule is CCN(CC)C(=S)c1cn[nH]c1. The Morgan fingerprint density at radius 1 is 1.58 bits per heavy atom. The molecule has 1 rings (SSSR count). The zero-order chi connectivity index (χ0) is 8.97. The normalized spacial score (nSPS) is 9.83. The first-order valence-electron chi connectivity index (χ1n) is 4.07. The van der Waals surface area contributed by atoms with E-state index in [1.54, 1.807) is 6.20 Å². The smallest absolute Gasteiger partial charge is 0.112 e. The van der Waals surface area contributed by atoms with E-state index in [4.69, 9.17) is 12.2 Å². The second-order valence-corrected chi connectivity index (χ2v) is 2.85. The number of hydrogen-bond acceptors (Lipinski definition) is 2. The lowest BCUT2D eigenvalue weighted by molar-refractivity contribution is 0.475. The van der Waals surface area contributed by atoms with E-state index >= 15 is 0 Å². The zero-order valence-electron chi connectivity index (χ0n) is 7.37. The van der Waals surface area contributed by atoms with Crippen LogP contribution in [-0.2, 0) is 0 Å². The zero-order valence-corrected chi connectivity index (χ0v) is 8.19. The summed E-state index contributed by atoms with van der Waals surface area (Å²) < 4.78 is 0. The number of H-pyrrole nitrogens is 1. The van der Waals surface area contributed by atoms with Crippen LogP contribution < -0.4 is 0 Å². The van der Waals surface area contributed by atoms with Crippen molar-refractivity contribution in [3.05, 3.63) is 18.0 Å². The maximum atomic E-state index is 5.26. The van der Waals surface area contributed by atoms with E-state index in [9.17, 15) is 0 Å². The maximum Gasteiger partial charge on any atom is 0.112 e. The van der Waals surface area contributed by atoms with Gasteiger partial charge in [-0.25, -0.2) is 0 Å². The van der Waals surface area contributed by atoms with Crippen molar-refractivity contribution in [2.75, 3.05) is 13.1 Å². The minimum atomic E-state index is 0.869. The van der Waals surface area contributed by atoms with Crippen molar-refractivity contribution in [2.45, 2.75) is 13.8 Å². The van der Waals surface area contributed by atoms with Gasteiger partial charge in [-0.1, -0.05) is 12.2 Å². The summed E-state index contributed by atoms with van der Waals surface area (Å²) in [5, 5.41) is 6.60. The second-order valence-electron chi connectivity index (χ2n) is 2.46. The molecule has 1 aromatic rings. The molecule has 0 saturated heterocycles. The molecule has 1 aromatic heterocycles. The van der Waals surface area contributed by atoms with Gasteiger partial charge in [0.2, 0.25) is 0 Å². The van der Waals surface area contributed by atoms with Gasteiger partial charge in [0.15, 0.2) is 0 Å². The van der Waals surface area contributed by atoms with Gasteiger partial charge in [-0.2, -0.15) is 5.10 Å². The Labute approximate surface area is 77.8 Å². The van der Waals surface area contributed by atoms with Gasteiger partial charge in [0.05, 0.1) is 6.20 Å². The molecule has 0 saturated carbocycles. The molecular weight excluding hydrogens is 170 g/mol. The Morgan fingerprint density at radius 3 is 2.67 bits per heavy atom. The third-order valence-corrected chi connectivity index (χ3v) is 2.29. The van der Waals surface area contributed by atoms with E-state index in [0.29, 0.717) is 0 Å². The Hall–Kier alpha value is -0.900. The van der Waals surface area contributed by atoms with Crippen LogP contribution in [0, 0.1) is 0 Å². The number of nitrogens with zero attached hydrogens (tertiary/aromatic N) is 2. The molecule has 3 nitrogen and oxygen atoms in total. The average Bonchev–Trinajstić information content (AvgIpc) is 2.58. The van der Waals surface area contributed by atoms with Crippen LogP contribution in [0.3, 0.4) is 0 Å².